The first kappa shape index (κ1) is 32.3. The van der Waals surface area contributed by atoms with Crippen molar-refractivity contribution in [1.82, 2.24) is 10.3 Å². The third-order valence-corrected chi connectivity index (χ3v) is 8.43. The van der Waals surface area contributed by atoms with Crippen molar-refractivity contribution in [3.05, 3.63) is 94.0 Å². The van der Waals surface area contributed by atoms with E-state index in [9.17, 15) is 9.59 Å². The van der Waals surface area contributed by atoms with Gasteiger partial charge in [0.05, 0.1) is 30.7 Å². The Kier molecular flexibility index (Phi) is 12.6. The summed E-state index contributed by atoms with van der Waals surface area (Å²) in [5.74, 6) is 1.11. The second-order valence-electron chi connectivity index (χ2n) is 10.8. The van der Waals surface area contributed by atoms with Gasteiger partial charge >= 0.3 is 0 Å². The van der Waals surface area contributed by atoms with Crippen LogP contribution in [0.25, 0.3) is 0 Å². The molecular formula is C34H42N4O4S. The Hall–Kier alpha value is -3.66. The Bertz CT molecular complexity index is 1400. The monoisotopic (exact) mass is 602 g/mol. The minimum absolute atomic E-state index is 0.114. The topological polar surface area (TPSA) is 103 Å². The van der Waals surface area contributed by atoms with Crippen LogP contribution in [0.4, 0.5) is 5.69 Å². The number of anilines is 1. The van der Waals surface area contributed by atoms with E-state index in [0.717, 1.165) is 42.7 Å². The van der Waals surface area contributed by atoms with E-state index in [4.69, 9.17) is 9.84 Å². The van der Waals surface area contributed by atoms with Crippen LogP contribution in [0.2, 0.25) is 0 Å². The molecule has 0 aliphatic carbocycles. The highest BCUT2D eigenvalue weighted by atomic mass is 32.2. The van der Waals surface area contributed by atoms with Crippen LogP contribution in [0.5, 0.6) is 5.75 Å². The van der Waals surface area contributed by atoms with E-state index in [1.807, 2.05) is 50.2 Å². The molecule has 228 valence electrons. The quantitative estimate of drug-likeness (QED) is 0.122. The van der Waals surface area contributed by atoms with Crippen LogP contribution in [-0.2, 0) is 5.75 Å². The van der Waals surface area contributed by atoms with Gasteiger partial charge in [-0.3, -0.25) is 9.59 Å². The number of likely N-dealkylation sites (tertiary alicyclic amines) is 1. The van der Waals surface area contributed by atoms with Crippen molar-refractivity contribution in [2.75, 3.05) is 43.9 Å². The molecule has 1 aliphatic rings. The molecule has 0 saturated carbocycles. The molecule has 0 bridgehead atoms. The van der Waals surface area contributed by atoms with E-state index in [1.54, 1.807) is 42.2 Å². The minimum Gasteiger partial charge on any atom is -0.494 e. The Morgan fingerprint density at radius 3 is 2.63 bits per heavy atom. The van der Waals surface area contributed by atoms with Gasteiger partial charge in [0.15, 0.2) is 0 Å². The first-order chi connectivity index (χ1) is 20.9. The maximum Gasteiger partial charge on any atom is 0.273 e. The van der Waals surface area contributed by atoms with E-state index in [2.05, 4.69) is 20.7 Å². The second kappa shape index (κ2) is 16.8. The normalized spacial score (nSPS) is 13.7. The van der Waals surface area contributed by atoms with Crippen LogP contribution in [0, 0.1) is 13.8 Å². The number of benzene rings is 3. The lowest BCUT2D eigenvalue weighted by atomic mass is 10.1. The summed E-state index contributed by atoms with van der Waals surface area (Å²) >= 11 is 1.60. The number of thioether (sulfide) groups is 1. The molecule has 3 aromatic rings. The number of carbonyl (C=O) groups is 2. The number of aryl methyl sites for hydroxylation is 2. The summed E-state index contributed by atoms with van der Waals surface area (Å²) in [5, 5.41) is 16.1. The van der Waals surface area contributed by atoms with Gasteiger partial charge in [-0.1, -0.05) is 36.8 Å². The van der Waals surface area contributed by atoms with Crippen molar-refractivity contribution in [3.8, 4) is 5.75 Å². The third-order valence-electron chi connectivity index (χ3n) is 7.42. The zero-order chi connectivity index (χ0) is 30.4. The summed E-state index contributed by atoms with van der Waals surface area (Å²) in [6.45, 7) is 8.01. The van der Waals surface area contributed by atoms with Crippen LogP contribution in [0.3, 0.4) is 0 Å². The van der Waals surface area contributed by atoms with Gasteiger partial charge in [-0.05, 0) is 98.8 Å². The van der Waals surface area contributed by atoms with Gasteiger partial charge < -0.3 is 20.1 Å². The zero-order valence-electron chi connectivity index (χ0n) is 25.1. The molecule has 3 N–H and O–H groups in total. The Morgan fingerprint density at radius 1 is 1.00 bits per heavy atom. The number of nitrogens with one attached hydrogen (secondary N) is 2. The van der Waals surface area contributed by atoms with Crippen molar-refractivity contribution in [2.24, 2.45) is 5.10 Å². The summed E-state index contributed by atoms with van der Waals surface area (Å²) in [4.78, 5) is 29.0. The van der Waals surface area contributed by atoms with Crippen LogP contribution in [0.15, 0.2) is 65.8 Å². The molecule has 43 heavy (non-hydrogen) atoms. The number of aliphatic hydroxyl groups excluding tert-OH is 1. The molecule has 8 nitrogen and oxygen atoms in total. The average Bonchev–Trinajstić information content (AvgIpc) is 3.02. The van der Waals surface area contributed by atoms with E-state index in [0.29, 0.717) is 35.1 Å². The molecule has 1 heterocycles. The fraction of sp³-hybridized carbons (Fsp3) is 0.382. The summed E-state index contributed by atoms with van der Waals surface area (Å²) in [6.07, 6.45) is 6.32. The van der Waals surface area contributed by atoms with Gasteiger partial charge in [0.2, 0.25) is 0 Å². The number of piperidine rings is 1. The summed E-state index contributed by atoms with van der Waals surface area (Å²) in [6, 6.07) is 18.4. The van der Waals surface area contributed by atoms with Crippen LogP contribution >= 0.6 is 11.8 Å². The SMILES string of the molecule is Cc1ccc(C=NNC(=O)c2cc(OCCCN3CCCCC3)ccc2NC(=O)c2cccc(CSCCO)c2)cc1C. The van der Waals surface area contributed by atoms with Crippen molar-refractivity contribution in [3.63, 3.8) is 0 Å². The number of hydrogen-bond acceptors (Lipinski definition) is 7. The van der Waals surface area contributed by atoms with Crippen LogP contribution in [-0.4, -0.2) is 66.6 Å². The maximum atomic E-state index is 13.3. The molecule has 4 rings (SSSR count). The number of hydrazone groups is 1. The van der Waals surface area contributed by atoms with Gasteiger partial charge in [-0.25, -0.2) is 5.43 Å². The van der Waals surface area contributed by atoms with Gasteiger partial charge in [-0.2, -0.15) is 16.9 Å². The Labute approximate surface area is 258 Å². The Morgan fingerprint density at radius 2 is 1.84 bits per heavy atom. The highest BCUT2D eigenvalue weighted by Crippen LogP contribution is 2.24. The first-order valence-electron chi connectivity index (χ1n) is 14.9. The standard InChI is InChI=1S/C34H42N4O4S/c1-25-10-11-27(20-26(25)2)23-35-37-34(41)31-22-30(42-18-7-16-38-14-4-3-5-15-38)12-13-32(31)36-33(40)29-9-6-8-28(21-29)24-43-19-17-39/h6,8-13,20-23,39H,3-5,7,14-19,24H2,1-2H3,(H,36,40)(H,37,41). The molecule has 0 unspecified atom stereocenters. The zero-order valence-corrected chi connectivity index (χ0v) is 25.9. The van der Waals surface area contributed by atoms with E-state index < -0.39 is 5.91 Å². The number of nitrogens with zero attached hydrogens (tertiary/aromatic N) is 2. The molecule has 0 atom stereocenters. The van der Waals surface area contributed by atoms with Crippen molar-refractivity contribution in [2.45, 2.75) is 45.3 Å². The van der Waals surface area contributed by atoms with E-state index in [-0.39, 0.29) is 18.1 Å². The third kappa shape index (κ3) is 10.2. The van der Waals surface area contributed by atoms with Crippen molar-refractivity contribution in [1.29, 1.82) is 0 Å². The summed E-state index contributed by atoms with van der Waals surface area (Å²) in [5.41, 5.74) is 7.90. The van der Waals surface area contributed by atoms with Crippen molar-refractivity contribution < 1.29 is 19.4 Å². The first-order valence-corrected chi connectivity index (χ1v) is 16.1. The van der Waals surface area contributed by atoms with E-state index in [1.165, 1.54) is 24.8 Å². The summed E-state index contributed by atoms with van der Waals surface area (Å²) in [7, 11) is 0. The highest BCUT2D eigenvalue weighted by Gasteiger charge is 2.17. The highest BCUT2D eigenvalue weighted by molar-refractivity contribution is 7.98. The lowest BCUT2D eigenvalue weighted by Gasteiger charge is -2.26. The molecule has 0 spiro atoms. The molecule has 3 aromatic carbocycles. The number of carbonyl (C=O) groups excluding carboxylic acids is 2. The maximum absolute atomic E-state index is 13.3. The predicted molar refractivity (Wildman–Crippen MR) is 175 cm³/mol. The molecule has 2 amide bonds. The molecule has 1 saturated heterocycles. The van der Waals surface area contributed by atoms with Gasteiger partial charge in [-0.15, -0.1) is 0 Å². The average molecular weight is 603 g/mol. The lowest BCUT2D eigenvalue weighted by Crippen LogP contribution is -2.31. The van der Waals surface area contributed by atoms with Crippen LogP contribution in [0.1, 0.15) is 68.7 Å². The van der Waals surface area contributed by atoms with Gasteiger partial charge in [0.25, 0.3) is 11.8 Å². The predicted octanol–water partition coefficient (Wildman–Crippen LogP) is 5.80. The smallest absolute Gasteiger partial charge is 0.273 e. The fourth-order valence-electron chi connectivity index (χ4n) is 4.89. The molecular weight excluding hydrogens is 560 g/mol. The number of hydrogen-bond donors (Lipinski definition) is 3. The molecule has 1 fully saturated rings. The molecule has 9 heteroatoms. The number of aliphatic hydroxyl groups is 1. The number of rotatable bonds is 14. The van der Waals surface area contributed by atoms with Crippen LogP contribution < -0.4 is 15.5 Å². The second-order valence-corrected chi connectivity index (χ2v) is 11.9. The lowest BCUT2D eigenvalue weighted by molar-refractivity contribution is 0.0955. The number of ether oxygens (including phenoxy) is 1. The minimum atomic E-state index is -0.455. The molecule has 0 radical (unpaired) electrons. The van der Waals surface area contributed by atoms with Gasteiger partial charge in [0.1, 0.15) is 5.75 Å². The number of amides is 2. The van der Waals surface area contributed by atoms with E-state index >= 15 is 0 Å². The largest absolute Gasteiger partial charge is 0.494 e. The van der Waals surface area contributed by atoms with Crippen molar-refractivity contribution >= 4 is 35.5 Å². The summed E-state index contributed by atoms with van der Waals surface area (Å²) < 4.78 is 6.02. The Balaban J connectivity index is 1.46. The molecule has 1 aliphatic heterocycles. The molecule has 0 aromatic heterocycles. The fourth-order valence-corrected chi connectivity index (χ4v) is 5.58. The van der Waals surface area contributed by atoms with Gasteiger partial charge in [0, 0.05) is 23.6 Å².